The van der Waals surface area contributed by atoms with E-state index in [-0.39, 0.29) is 24.2 Å². The predicted octanol–water partition coefficient (Wildman–Crippen LogP) is 0.275. The quantitative estimate of drug-likeness (QED) is 0.719. The van der Waals surface area contributed by atoms with E-state index in [0.717, 1.165) is 32.8 Å². The number of morpholine rings is 1. The molecule has 2 aliphatic heterocycles. The highest BCUT2D eigenvalue weighted by molar-refractivity contribution is 6.01. The zero-order valence-electron chi connectivity index (χ0n) is 15.5. The molecular formula is C19H25N3O5. The summed E-state index contributed by atoms with van der Waals surface area (Å²) in [5.74, 6) is -1.07. The van der Waals surface area contributed by atoms with Gasteiger partial charge in [0, 0.05) is 44.8 Å². The molecule has 0 saturated carbocycles. The smallest absolute Gasteiger partial charge is 0.337 e. The molecule has 2 heterocycles. The average Bonchev–Trinajstić information content (AvgIpc) is 3.10. The average molecular weight is 375 g/mol. The molecule has 2 aliphatic rings. The second-order valence-corrected chi connectivity index (χ2v) is 6.69. The van der Waals surface area contributed by atoms with Crippen LogP contribution in [-0.2, 0) is 19.1 Å². The van der Waals surface area contributed by atoms with E-state index in [9.17, 15) is 14.4 Å². The highest BCUT2D eigenvalue weighted by atomic mass is 16.5. The maximum Gasteiger partial charge on any atom is 0.337 e. The lowest BCUT2D eigenvalue weighted by atomic mass is 10.1. The Hall–Kier alpha value is -2.45. The Morgan fingerprint density at radius 2 is 2.07 bits per heavy atom. The number of carbonyl (C=O) groups is 3. The van der Waals surface area contributed by atoms with Gasteiger partial charge < -0.3 is 19.7 Å². The van der Waals surface area contributed by atoms with Crippen molar-refractivity contribution in [3.63, 3.8) is 0 Å². The van der Waals surface area contributed by atoms with Crippen LogP contribution in [0.2, 0.25) is 0 Å². The molecule has 146 valence electrons. The zero-order chi connectivity index (χ0) is 19.2. The Balaban J connectivity index is 1.53. The van der Waals surface area contributed by atoms with E-state index in [1.165, 1.54) is 7.11 Å². The molecule has 8 nitrogen and oxygen atoms in total. The van der Waals surface area contributed by atoms with Crippen molar-refractivity contribution in [3.8, 4) is 0 Å². The van der Waals surface area contributed by atoms with Crippen LogP contribution in [0.15, 0.2) is 24.3 Å². The summed E-state index contributed by atoms with van der Waals surface area (Å²) < 4.78 is 10.0. The fourth-order valence-corrected chi connectivity index (χ4v) is 3.36. The van der Waals surface area contributed by atoms with Gasteiger partial charge in [0.05, 0.1) is 31.8 Å². The van der Waals surface area contributed by atoms with Gasteiger partial charge in [-0.05, 0) is 18.2 Å². The summed E-state index contributed by atoms with van der Waals surface area (Å²) in [6.45, 7) is 4.86. The lowest BCUT2D eigenvalue weighted by Crippen LogP contribution is -2.42. The second kappa shape index (κ2) is 8.96. The van der Waals surface area contributed by atoms with Crippen LogP contribution < -0.4 is 10.2 Å². The van der Waals surface area contributed by atoms with E-state index in [1.54, 1.807) is 29.2 Å². The number of nitrogens with zero attached hydrogens (tertiary/aromatic N) is 2. The van der Waals surface area contributed by atoms with Crippen molar-refractivity contribution < 1.29 is 23.9 Å². The number of esters is 1. The van der Waals surface area contributed by atoms with Crippen molar-refractivity contribution in [3.05, 3.63) is 29.8 Å². The summed E-state index contributed by atoms with van der Waals surface area (Å²) in [7, 11) is 1.31. The number of hydrogen-bond donors (Lipinski definition) is 1. The largest absolute Gasteiger partial charge is 0.465 e. The minimum absolute atomic E-state index is 0.108. The topological polar surface area (TPSA) is 88.2 Å². The molecule has 1 atom stereocenters. The third-order valence-corrected chi connectivity index (χ3v) is 4.91. The summed E-state index contributed by atoms with van der Waals surface area (Å²) in [5.41, 5.74) is 0.979. The zero-order valence-corrected chi connectivity index (χ0v) is 15.5. The van der Waals surface area contributed by atoms with Gasteiger partial charge >= 0.3 is 5.97 Å². The molecule has 27 heavy (non-hydrogen) atoms. The summed E-state index contributed by atoms with van der Waals surface area (Å²) in [6, 6.07) is 6.70. The molecule has 0 aliphatic carbocycles. The summed E-state index contributed by atoms with van der Waals surface area (Å²) in [6.07, 6.45) is 0.172. The normalized spacial score (nSPS) is 20.6. The van der Waals surface area contributed by atoms with Crippen molar-refractivity contribution >= 4 is 23.5 Å². The Labute approximate surface area is 158 Å². The van der Waals surface area contributed by atoms with Crippen LogP contribution in [0.1, 0.15) is 16.8 Å². The molecule has 1 aromatic carbocycles. The molecule has 2 saturated heterocycles. The van der Waals surface area contributed by atoms with Gasteiger partial charge in [0.25, 0.3) is 0 Å². The standard InChI is InChI=1S/C19H25N3O5/c1-26-19(25)14-3-2-4-16(11-14)22-13-15(12-17(22)23)18(24)20-5-6-21-7-9-27-10-8-21/h2-4,11,15H,5-10,12-13H2,1H3,(H,20,24). The first-order valence-corrected chi connectivity index (χ1v) is 9.15. The van der Waals surface area contributed by atoms with E-state index < -0.39 is 5.97 Å². The number of hydrogen-bond acceptors (Lipinski definition) is 6. The van der Waals surface area contributed by atoms with Crippen molar-refractivity contribution in [2.24, 2.45) is 5.92 Å². The van der Waals surface area contributed by atoms with Gasteiger partial charge in [-0.1, -0.05) is 6.07 Å². The van der Waals surface area contributed by atoms with E-state index in [0.29, 0.717) is 24.3 Å². The molecule has 2 fully saturated rings. The maximum atomic E-state index is 12.4. The Kier molecular flexibility index (Phi) is 6.41. The van der Waals surface area contributed by atoms with Gasteiger partial charge in [-0.15, -0.1) is 0 Å². The van der Waals surface area contributed by atoms with E-state index in [2.05, 4.69) is 10.2 Å². The van der Waals surface area contributed by atoms with Gasteiger partial charge in [0.15, 0.2) is 0 Å². The molecule has 8 heteroatoms. The van der Waals surface area contributed by atoms with Crippen molar-refractivity contribution in [2.75, 3.05) is 57.9 Å². The molecular weight excluding hydrogens is 350 g/mol. The Bertz CT molecular complexity index is 702. The number of benzene rings is 1. The van der Waals surface area contributed by atoms with Crippen LogP contribution in [0.4, 0.5) is 5.69 Å². The van der Waals surface area contributed by atoms with Crippen LogP contribution in [0, 0.1) is 5.92 Å². The molecule has 1 unspecified atom stereocenters. The SMILES string of the molecule is COC(=O)c1cccc(N2CC(C(=O)NCCN3CCOCC3)CC2=O)c1. The number of amides is 2. The summed E-state index contributed by atoms with van der Waals surface area (Å²) >= 11 is 0. The number of ether oxygens (including phenoxy) is 2. The predicted molar refractivity (Wildman–Crippen MR) is 98.5 cm³/mol. The summed E-state index contributed by atoms with van der Waals surface area (Å²) in [4.78, 5) is 40.3. The third kappa shape index (κ3) is 4.84. The fraction of sp³-hybridized carbons (Fsp3) is 0.526. The van der Waals surface area contributed by atoms with Gasteiger partial charge in [-0.25, -0.2) is 4.79 Å². The van der Waals surface area contributed by atoms with Crippen LogP contribution in [0.5, 0.6) is 0 Å². The van der Waals surface area contributed by atoms with E-state index in [4.69, 9.17) is 9.47 Å². The van der Waals surface area contributed by atoms with Crippen molar-refractivity contribution in [2.45, 2.75) is 6.42 Å². The third-order valence-electron chi connectivity index (χ3n) is 4.91. The maximum absolute atomic E-state index is 12.4. The first-order chi connectivity index (χ1) is 13.1. The molecule has 3 rings (SSSR count). The van der Waals surface area contributed by atoms with Crippen LogP contribution in [0.25, 0.3) is 0 Å². The van der Waals surface area contributed by atoms with Gasteiger partial charge in [0.2, 0.25) is 11.8 Å². The minimum atomic E-state index is -0.457. The molecule has 0 radical (unpaired) electrons. The fourth-order valence-electron chi connectivity index (χ4n) is 3.36. The van der Waals surface area contributed by atoms with Crippen molar-refractivity contribution in [1.82, 2.24) is 10.2 Å². The molecule has 0 bridgehead atoms. The second-order valence-electron chi connectivity index (χ2n) is 6.69. The molecule has 0 spiro atoms. The monoisotopic (exact) mass is 375 g/mol. The number of carbonyl (C=O) groups excluding carboxylic acids is 3. The highest BCUT2D eigenvalue weighted by Crippen LogP contribution is 2.26. The van der Waals surface area contributed by atoms with E-state index >= 15 is 0 Å². The lowest BCUT2D eigenvalue weighted by molar-refractivity contribution is -0.126. The van der Waals surface area contributed by atoms with E-state index in [1.807, 2.05) is 0 Å². The van der Waals surface area contributed by atoms with Crippen molar-refractivity contribution in [1.29, 1.82) is 0 Å². The van der Waals surface area contributed by atoms with Gasteiger partial charge in [-0.3, -0.25) is 14.5 Å². The Morgan fingerprint density at radius 1 is 1.30 bits per heavy atom. The summed E-state index contributed by atoms with van der Waals surface area (Å²) in [5, 5.41) is 2.93. The number of rotatable bonds is 6. The number of methoxy groups -OCH3 is 1. The molecule has 2 amide bonds. The minimum Gasteiger partial charge on any atom is -0.465 e. The molecule has 1 N–H and O–H groups in total. The van der Waals surface area contributed by atoms with Gasteiger partial charge in [0.1, 0.15) is 0 Å². The molecule has 0 aromatic heterocycles. The van der Waals surface area contributed by atoms with Crippen LogP contribution in [-0.4, -0.2) is 75.7 Å². The first kappa shape index (κ1) is 19.3. The van der Waals surface area contributed by atoms with Gasteiger partial charge in [-0.2, -0.15) is 0 Å². The lowest BCUT2D eigenvalue weighted by Gasteiger charge is -2.26. The van der Waals surface area contributed by atoms with Crippen LogP contribution in [0.3, 0.4) is 0 Å². The van der Waals surface area contributed by atoms with Crippen LogP contribution >= 0.6 is 0 Å². The Morgan fingerprint density at radius 3 is 2.81 bits per heavy atom. The first-order valence-electron chi connectivity index (χ1n) is 9.15. The molecule has 1 aromatic rings. The highest BCUT2D eigenvalue weighted by Gasteiger charge is 2.35. The number of anilines is 1. The number of nitrogens with one attached hydrogen (secondary N) is 1.